The van der Waals surface area contributed by atoms with Crippen molar-refractivity contribution in [3.05, 3.63) is 71.0 Å². The standard InChI is InChI=1S/C25H27N3O5S/c1-15-22-19(13-25(2,3)14-20(22)29)27-23(15)24(30)26-16-8-7-9-17(12-16)34(31,32)28-18-10-5-6-11-21(18)33-4/h5-12,27-28H,13-14H2,1-4H3,(H,26,30). The van der Waals surface area contributed by atoms with Crippen molar-refractivity contribution in [3.8, 4) is 5.75 Å². The first kappa shape index (κ1) is 23.6. The predicted molar refractivity (Wildman–Crippen MR) is 130 cm³/mol. The maximum atomic E-state index is 13.0. The molecule has 3 N–H and O–H groups in total. The zero-order chi connectivity index (χ0) is 24.7. The molecule has 0 atom stereocenters. The summed E-state index contributed by atoms with van der Waals surface area (Å²) in [5.41, 5.74) is 2.70. The number of methoxy groups -OCH3 is 1. The van der Waals surface area contributed by atoms with Crippen molar-refractivity contribution in [1.29, 1.82) is 0 Å². The first-order valence-corrected chi connectivity index (χ1v) is 12.3. The van der Waals surface area contributed by atoms with E-state index >= 15 is 0 Å². The topological polar surface area (TPSA) is 117 Å². The molecule has 178 valence electrons. The van der Waals surface area contributed by atoms with E-state index in [4.69, 9.17) is 4.74 Å². The summed E-state index contributed by atoms with van der Waals surface area (Å²) in [6.45, 7) is 5.79. The van der Waals surface area contributed by atoms with E-state index in [1.807, 2.05) is 13.8 Å². The molecular formula is C25H27N3O5S. The van der Waals surface area contributed by atoms with Gasteiger partial charge in [0, 0.05) is 23.4 Å². The quantitative estimate of drug-likeness (QED) is 0.478. The second-order valence-corrected chi connectivity index (χ2v) is 10.9. The van der Waals surface area contributed by atoms with Gasteiger partial charge in [-0.2, -0.15) is 0 Å². The number of sulfonamides is 1. The molecule has 0 saturated carbocycles. The van der Waals surface area contributed by atoms with Crippen LogP contribution in [0.1, 0.15) is 52.4 Å². The first-order valence-electron chi connectivity index (χ1n) is 10.8. The van der Waals surface area contributed by atoms with E-state index in [1.165, 1.54) is 19.2 Å². The molecule has 0 aliphatic heterocycles. The molecule has 34 heavy (non-hydrogen) atoms. The Morgan fingerprint density at radius 1 is 1.09 bits per heavy atom. The highest BCUT2D eigenvalue weighted by atomic mass is 32.2. The number of ketones is 1. The maximum absolute atomic E-state index is 13.0. The van der Waals surface area contributed by atoms with Gasteiger partial charge in [0.15, 0.2) is 5.78 Å². The fraction of sp³-hybridized carbons (Fsp3) is 0.280. The average Bonchev–Trinajstić information content (AvgIpc) is 3.09. The van der Waals surface area contributed by atoms with E-state index in [9.17, 15) is 18.0 Å². The number of anilines is 2. The number of nitrogens with one attached hydrogen (secondary N) is 3. The van der Waals surface area contributed by atoms with E-state index in [2.05, 4.69) is 15.0 Å². The van der Waals surface area contributed by atoms with Crippen LogP contribution >= 0.6 is 0 Å². The number of carbonyl (C=O) groups excluding carboxylic acids is 2. The number of benzene rings is 2. The van der Waals surface area contributed by atoms with E-state index < -0.39 is 15.9 Å². The Kier molecular flexibility index (Phi) is 5.99. The number of carbonyl (C=O) groups is 2. The summed E-state index contributed by atoms with van der Waals surface area (Å²) >= 11 is 0. The molecule has 1 aromatic heterocycles. The Labute approximate surface area is 198 Å². The second-order valence-electron chi connectivity index (χ2n) is 9.21. The van der Waals surface area contributed by atoms with Gasteiger partial charge >= 0.3 is 0 Å². The van der Waals surface area contributed by atoms with E-state index in [-0.39, 0.29) is 16.1 Å². The summed E-state index contributed by atoms with van der Waals surface area (Å²) in [4.78, 5) is 28.8. The highest BCUT2D eigenvalue weighted by Crippen LogP contribution is 2.37. The molecule has 3 aromatic rings. The summed E-state index contributed by atoms with van der Waals surface area (Å²) in [5, 5.41) is 2.74. The smallest absolute Gasteiger partial charge is 0.272 e. The lowest BCUT2D eigenvalue weighted by Crippen LogP contribution is -2.26. The van der Waals surface area contributed by atoms with Gasteiger partial charge < -0.3 is 15.0 Å². The van der Waals surface area contributed by atoms with Gasteiger partial charge in [0.05, 0.1) is 17.7 Å². The van der Waals surface area contributed by atoms with Crippen molar-refractivity contribution >= 4 is 33.1 Å². The summed E-state index contributed by atoms with van der Waals surface area (Å²) < 4.78 is 33.6. The van der Waals surface area contributed by atoms with Crippen LogP contribution in [0.3, 0.4) is 0 Å². The fourth-order valence-electron chi connectivity index (χ4n) is 4.33. The third-order valence-electron chi connectivity index (χ3n) is 5.88. The molecule has 9 heteroatoms. The van der Waals surface area contributed by atoms with Gasteiger partial charge in [-0.1, -0.05) is 32.0 Å². The van der Waals surface area contributed by atoms with Crippen molar-refractivity contribution in [1.82, 2.24) is 4.98 Å². The van der Waals surface area contributed by atoms with Gasteiger partial charge in [-0.05, 0) is 54.7 Å². The minimum atomic E-state index is -3.93. The van der Waals surface area contributed by atoms with Gasteiger partial charge in [-0.15, -0.1) is 0 Å². The van der Waals surface area contributed by atoms with Crippen molar-refractivity contribution < 1.29 is 22.7 Å². The van der Waals surface area contributed by atoms with Crippen LogP contribution < -0.4 is 14.8 Å². The Balaban J connectivity index is 1.58. The molecule has 1 aliphatic rings. The van der Waals surface area contributed by atoms with Crippen LogP contribution in [0.4, 0.5) is 11.4 Å². The third kappa shape index (κ3) is 4.56. The van der Waals surface area contributed by atoms with E-state index in [0.717, 1.165) is 5.69 Å². The number of hydrogen-bond acceptors (Lipinski definition) is 5. The SMILES string of the molecule is COc1ccccc1NS(=O)(=O)c1cccc(NC(=O)c2[nH]c3c(c2C)C(=O)CC(C)(C)C3)c1. The normalized spacial score (nSPS) is 14.9. The number of rotatable bonds is 6. The van der Waals surface area contributed by atoms with Crippen LogP contribution in [-0.2, 0) is 16.4 Å². The largest absolute Gasteiger partial charge is 0.495 e. The number of aromatic amines is 1. The number of fused-ring (bicyclic) bond motifs is 1. The number of para-hydroxylation sites is 2. The molecule has 0 unspecified atom stereocenters. The Morgan fingerprint density at radius 3 is 2.56 bits per heavy atom. The molecular weight excluding hydrogens is 454 g/mol. The van der Waals surface area contributed by atoms with Crippen molar-refractivity contribution in [3.63, 3.8) is 0 Å². The molecule has 1 amide bonds. The number of Topliss-reactive ketones (excluding diaryl/α,β-unsaturated/α-hetero) is 1. The monoisotopic (exact) mass is 481 g/mol. The summed E-state index contributed by atoms with van der Waals surface area (Å²) in [6.07, 6.45) is 1.10. The zero-order valence-electron chi connectivity index (χ0n) is 19.5. The van der Waals surface area contributed by atoms with E-state index in [0.29, 0.717) is 46.8 Å². The summed E-state index contributed by atoms with van der Waals surface area (Å²) in [5.74, 6) is -0.0289. The van der Waals surface area contributed by atoms with Crippen LogP contribution in [0, 0.1) is 12.3 Å². The highest BCUT2D eigenvalue weighted by Gasteiger charge is 2.35. The predicted octanol–water partition coefficient (Wildman–Crippen LogP) is 4.54. The summed E-state index contributed by atoms with van der Waals surface area (Å²) in [6, 6.07) is 12.6. The van der Waals surface area contributed by atoms with Crippen LogP contribution in [0.5, 0.6) is 5.75 Å². The van der Waals surface area contributed by atoms with Gasteiger partial charge in [0.25, 0.3) is 15.9 Å². The molecule has 0 spiro atoms. The highest BCUT2D eigenvalue weighted by molar-refractivity contribution is 7.92. The zero-order valence-corrected chi connectivity index (χ0v) is 20.3. The van der Waals surface area contributed by atoms with E-state index in [1.54, 1.807) is 43.3 Å². The van der Waals surface area contributed by atoms with Gasteiger partial charge in [0.2, 0.25) is 0 Å². The molecule has 0 bridgehead atoms. The number of amides is 1. The average molecular weight is 482 g/mol. The van der Waals surface area contributed by atoms with Crippen LogP contribution in [0.15, 0.2) is 53.4 Å². The van der Waals surface area contributed by atoms with Gasteiger partial charge in [-0.3, -0.25) is 14.3 Å². The Morgan fingerprint density at radius 2 is 1.82 bits per heavy atom. The lowest BCUT2D eigenvalue weighted by atomic mass is 9.75. The minimum absolute atomic E-state index is 0.0179. The Bertz CT molecular complexity index is 1390. The fourth-order valence-corrected chi connectivity index (χ4v) is 5.44. The lowest BCUT2D eigenvalue weighted by Gasteiger charge is -2.28. The number of H-pyrrole nitrogens is 1. The molecule has 8 nitrogen and oxygen atoms in total. The molecule has 1 heterocycles. The van der Waals surface area contributed by atoms with Gasteiger partial charge in [-0.25, -0.2) is 8.42 Å². The summed E-state index contributed by atoms with van der Waals surface area (Å²) in [7, 11) is -2.48. The van der Waals surface area contributed by atoms with Gasteiger partial charge in [0.1, 0.15) is 11.4 Å². The molecule has 0 fully saturated rings. The molecule has 0 saturated heterocycles. The lowest BCUT2D eigenvalue weighted by molar-refractivity contribution is 0.0910. The number of aromatic nitrogens is 1. The first-order chi connectivity index (χ1) is 16.0. The van der Waals surface area contributed by atoms with Crippen molar-refractivity contribution in [2.24, 2.45) is 5.41 Å². The maximum Gasteiger partial charge on any atom is 0.272 e. The minimum Gasteiger partial charge on any atom is -0.495 e. The number of hydrogen-bond donors (Lipinski definition) is 3. The van der Waals surface area contributed by atoms with Crippen molar-refractivity contribution in [2.45, 2.75) is 38.5 Å². The number of ether oxygens (including phenoxy) is 1. The molecule has 2 aromatic carbocycles. The van der Waals surface area contributed by atoms with Crippen LogP contribution in [0.2, 0.25) is 0 Å². The Hall–Kier alpha value is -3.59. The van der Waals surface area contributed by atoms with Crippen LogP contribution in [-0.4, -0.2) is 32.2 Å². The second kappa shape index (κ2) is 8.64. The molecule has 4 rings (SSSR count). The van der Waals surface area contributed by atoms with Crippen molar-refractivity contribution in [2.75, 3.05) is 17.1 Å². The van der Waals surface area contributed by atoms with Crippen LogP contribution in [0.25, 0.3) is 0 Å². The molecule has 0 radical (unpaired) electrons. The molecule has 1 aliphatic carbocycles. The third-order valence-corrected chi connectivity index (χ3v) is 7.24.